The van der Waals surface area contributed by atoms with Crippen LogP contribution in [-0.2, 0) is 9.59 Å². The van der Waals surface area contributed by atoms with E-state index in [4.69, 9.17) is 5.26 Å². The minimum Gasteiger partial charge on any atom is -0.271 e. The lowest BCUT2D eigenvalue weighted by Gasteiger charge is -2.17. The van der Waals surface area contributed by atoms with Crippen LogP contribution in [0.4, 0.5) is 0 Å². The SMILES string of the molecule is CN1C(=O)C(C#N)C(=O)N1C. The molecule has 2 amide bonds. The smallest absolute Gasteiger partial charge is 0.267 e. The number of hydrazine groups is 1. The number of hydrogen-bond donors (Lipinski definition) is 0. The van der Waals surface area contributed by atoms with Crippen molar-refractivity contribution in [1.29, 1.82) is 5.26 Å². The van der Waals surface area contributed by atoms with Gasteiger partial charge in [-0.25, -0.2) is 0 Å². The summed E-state index contributed by atoms with van der Waals surface area (Å²) in [5.41, 5.74) is 0. The minimum absolute atomic E-state index is 0.458. The fraction of sp³-hybridized carbons (Fsp3) is 0.500. The number of carbonyl (C=O) groups is 2. The maximum atomic E-state index is 11.0. The van der Waals surface area contributed by atoms with Crippen molar-refractivity contribution in [3.8, 4) is 6.07 Å². The molecule has 1 rings (SSSR count). The number of rotatable bonds is 0. The average Bonchev–Trinajstić information content (AvgIpc) is 2.17. The molecule has 1 saturated heterocycles. The van der Waals surface area contributed by atoms with Crippen LogP contribution >= 0.6 is 0 Å². The van der Waals surface area contributed by atoms with E-state index < -0.39 is 17.7 Å². The molecular weight excluding hydrogens is 146 g/mol. The molecule has 0 aromatic heterocycles. The molecule has 0 radical (unpaired) electrons. The van der Waals surface area contributed by atoms with E-state index in [-0.39, 0.29) is 0 Å². The first-order valence-corrected chi connectivity index (χ1v) is 3.04. The van der Waals surface area contributed by atoms with E-state index >= 15 is 0 Å². The molecule has 5 heteroatoms. The van der Waals surface area contributed by atoms with Crippen LogP contribution in [0.3, 0.4) is 0 Å². The van der Waals surface area contributed by atoms with Gasteiger partial charge >= 0.3 is 0 Å². The molecule has 0 bridgehead atoms. The monoisotopic (exact) mass is 153 g/mol. The van der Waals surface area contributed by atoms with Crippen LogP contribution in [0.1, 0.15) is 0 Å². The molecule has 0 N–H and O–H groups in total. The van der Waals surface area contributed by atoms with Gasteiger partial charge in [-0.3, -0.25) is 19.6 Å². The van der Waals surface area contributed by atoms with Crippen molar-refractivity contribution in [2.75, 3.05) is 14.1 Å². The maximum Gasteiger partial charge on any atom is 0.267 e. The third-order valence-electron chi connectivity index (χ3n) is 1.71. The van der Waals surface area contributed by atoms with Crippen molar-refractivity contribution in [2.45, 2.75) is 0 Å². The van der Waals surface area contributed by atoms with Crippen molar-refractivity contribution >= 4 is 11.8 Å². The Bertz CT molecular complexity index is 235. The summed E-state index contributed by atoms with van der Waals surface area (Å²) in [5, 5.41) is 10.7. The lowest BCUT2D eigenvalue weighted by molar-refractivity contribution is -0.141. The van der Waals surface area contributed by atoms with E-state index in [2.05, 4.69) is 0 Å². The summed E-state index contributed by atoms with van der Waals surface area (Å²) in [6.45, 7) is 0. The van der Waals surface area contributed by atoms with Crippen LogP contribution < -0.4 is 0 Å². The second kappa shape index (κ2) is 2.23. The fourth-order valence-corrected chi connectivity index (χ4v) is 0.885. The van der Waals surface area contributed by atoms with Gasteiger partial charge in [-0.1, -0.05) is 0 Å². The van der Waals surface area contributed by atoms with Crippen LogP contribution in [0.2, 0.25) is 0 Å². The highest BCUT2D eigenvalue weighted by molar-refractivity contribution is 6.07. The zero-order valence-electron chi connectivity index (χ0n) is 6.24. The molecule has 0 aromatic carbocycles. The summed E-state index contributed by atoms with van der Waals surface area (Å²) in [6.07, 6.45) is 0. The Labute approximate surface area is 63.8 Å². The molecule has 1 aliphatic heterocycles. The Kier molecular flexibility index (Phi) is 1.53. The van der Waals surface area contributed by atoms with Gasteiger partial charge in [0.05, 0.1) is 6.07 Å². The third kappa shape index (κ3) is 0.835. The molecule has 0 saturated carbocycles. The molecule has 11 heavy (non-hydrogen) atoms. The summed E-state index contributed by atoms with van der Waals surface area (Å²) in [4.78, 5) is 22.0. The van der Waals surface area contributed by atoms with Gasteiger partial charge in [-0.05, 0) is 0 Å². The molecule has 0 unspecified atom stereocenters. The second-order valence-corrected chi connectivity index (χ2v) is 2.29. The van der Waals surface area contributed by atoms with Crippen molar-refractivity contribution in [3.05, 3.63) is 0 Å². The van der Waals surface area contributed by atoms with Crippen molar-refractivity contribution < 1.29 is 9.59 Å². The van der Waals surface area contributed by atoms with Gasteiger partial charge < -0.3 is 0 Å². The summed E-state index contributed by atoms with van der Waals surface area (Å²) < 4.78 is 0. The largest absolute Gasteiger partial charge is 0.271 e. The highest BCUT2D eigenvalue weighted by Gasteiger charge is 2.41. The van der Waals surface area contributed by atoms with E-state index in [9.17, 15) is 9.59 Å². The zero-order valence-corrected chi connectivity index (χ0v) is 6.24. The summed E-state index contributed by atoms with van der Waals surface area (Å²) >= 11 is 0. The molecule has 58 valence electrons. The zero-order chi connectivity index (χ0) is 8.59. The van der Waals surface area contributed by atoms with E-state index in [1.54, 1.807) is 6.07 Å². The van der Waals surface area contributed by atoms with Crippen LogP contribution in [-0.4, -0.2) is 35.9 Å². The van der Waals surface area contributed by atoms with E-state index in [0.29, 0.717) is 0 Å². The number of amides is 2. The average molecular weight is 153 g/mol. The predicted octanol–water partition coefficient (Wildman–Crippen LogP) is -1.03. The van der Waals surface area contributed by atoms with Gasteiger partial charge in [0.2, 0.25) is 5.92 Å². The molecule has 0 spiro atoms. The molecule has 1 heterocycles. The number of hydrogen-bond acceptors (Lipinski definition) is 3. The fourth-order valence-electron chi connectivity index (χ4n) is 0.885. The van der Waals surface area contributed by atoms with Crippen LogP contribution in [0.15, 0.2) is 0 Å². The first-order valence-electron chi connectivity index (χ1n) is 3.04. The molecule has 1 aliphatic rings. The highest BCUT2D eigenvalue weighted by Crippen LogP contribution is 2.14. The minimum atomic E-state index is -1.13. The first-order chi connectivity index (χ1) is 5.09. The third-order valence-corrected chi connectivity index (χ3v) is 1.71. The van der Waals surface area contributed by atoms with Crippen LogP contribution in [0, 0.1) is 17.2 Å². The van der Waals surface area contributed by atoms with E-state index in [1.165, 1.54) is 14.1 Å². The second-order valence-electron chi connectivity index (χ2n) is 2.29. The highest BCUT2D eigenvalue weighted by atomic mass is 16.2. The van der Waals surface area contributed by atoms with Crippen LogP contribution in [0.5, 0.6) is 0 Å². The Balaban J connectivity index is 2.97. The van der Waals surface area contributed by atoms with Gasteiger partial charge in [0, 0.05) is 14.1 Å². The lowest BCUT2D eigenvalue weighted by atomic mass is 10.2. The summed E-state index contributed by atoms with van der Waals surface area (Å²) in [5.74, 6) is -2.05. The van der Waals surface area contributed by atoms with Gasteiger partial charge in [0.25, 0.3) is 11.8 Å². The van der Waals surface area contributed by atoms with Gasteiger partial charge in [-0.15, -0.1) is 0 Å². The summed E-state index contributed by atoms with van der Waals surface area (Å²) in [6, 6.07) is 1.64. The molecule has 0 aromatic rings. The molecule has 5 nitrogen and oxygen atoms in total. The summed E-state index contributed by atoms with van der Waals surface area (Å²) in [7, 11) is 2.91. The number of nitrogens with zero attached hydrogens (tertiary/aromatic N) is 3. The van der Waals surface area contributed by atoms with E-state index in [0.717, 1.165) is 10.0 Å². The quantitative estimate of drug-likeness (QED) is 0.418. The maximum absolute atomic E-state index is 11.0. The Morgan fingerprint density at radius 1 is 1.27 bits per heavy atom. The topological polar surface area (TPSA) is 64.4 Å². The normalized spacial score (nSPS) is 19.4. The molecule has 1 fully saturated rings. The van der Waals surface area contributed by atoms with Gasteiger partial charge in [0.1, 0.15) is 0 Å². The predicted molar refractivity (Wildman–Crippen MR) is 34.6 cm³/mol. The first kappa shape index (κ1) is 7.54. The van der Waals surface area contributed by atoms with Gasteiger partial charge in [0.15, 0.2) is 0 Å². The van der Waals surface area contributed by atoms with Crippen molar-refractivity contribution in [2.24, 2.45) is 5.92 Å². The molecule has 0 aliphatic carbocycles. The van der Waals surface area contributed by atoms with Crippen molar-refractivity contribution in [1.82, 2.24) is 10.0 Å². The molecule has 0 atom stereocenters. The number of nitriles is 1. The van der Waals surface area contributed by atoms with E-state index in [1.807, 2.05) is 0 Å². The lowest BCUT2D eigenvalue weighted by Crippen LogP contribution is -2.33. The Hall–Kier alpha value is -1.57. The number of carbonyl (C=O) groups excluding carboxylic acids is 2. The standard InChI is InChI=1S/C6H7N3O2/c1-8-5(10)4(3-7)6(11)9(8)2/h4H,1-2H3. The molecular formula is C6H7N3O2. The Morgan fingerprint density at radius 3 is 1.82 bits per heavy atom. The van der Waals surface area contributed by atoms with Crippen molar-refractivity contribution in [3.63, 3.8) is 0 Å². The Morgan fingerprint density at radius 2 is 1.64 bits per heavy atom. The van der Waals surface area contributed by atoms with Crippen LogP contribution in [0.25, 0.3) is 0 Å². The van der Waals surface area contributed by atoms with Gasteiger partial charge in [-0.2, -0.15) is 5.26 Å².